The third-order valence-corrected chi connectivity index (χ3v) is 3.95. The Bertz CT molecular complexity index is 714. The van der Waals surface area contributed by atoms with Crippen LogP contribution in [0.15, 0.2) is 18.2 Å². The number of urea groups is 1. The van der Waals surface area contributed by atoms with Crippen LogP contribution in [0.3, 0.4) is 0 Å². The van der Waals surface area contributed by atoms with Gasteiger partial charge in [-0.2, -0.15) is 5.10 Å². The Morgan fingerprint density at radius 2 is 2.08 bits per heavy atom. The van der Waals surface area contributed by atoms with Gasteiger partial charge in [-0.15, -0.1) is 0 Å². The van der Waals surface area contributed by atoms with Gasteiger partial charge in [-0.05, 0) is 43.9 Å². The molecule has 0 fully saturated rings. The maximum absolute atomic E-state index is 12.0. The Hall–Kier alpha value is -2.45. The fourth-order valence-electron chi connectivity index (χ4n) is 2.35. The highest BCUT2D eigenvalue weighted by Crippen LogP contribution is 2.11. The van der Waals surface area contributed by atoms with Crippen LogP contribution in [-0.4, -0.2) is 44.1 Å². The molecular weight excluding hydrogens is 322 g/mol. The molecule has 0 spiro atoms. The average molecular weight is 347 g/mol. The number of aromatic amines is 1. The topological polar surface area (TPSA) is 123 Å². The van der Waals surface area contributed by atoms with Crippen molar-refractivity contribution in [2.45, 2.75) is 45.9 Å². The summed E-state index contributed by atoms with van der Waals surface area (Å²) >= 11 is 0. The molecule has 25 heavy (non-hydrogen) atoms. The summed E-state index contributed by atoms with van der Waals surface area (Å²) in [7, 11) is 0. The van der Waals surface area contributed by atoms with Gasteiger partial charge in [0, 0.05) is 0 Å². The molecule has 1 aromatic heterocycles. The zero-order valence-electron chi connectivity index (χ0n) is 14.7. The zero-order chi connectivity index (χ0) is 18.4. The van der Waals surface area contributed by atoms with Crippen LogP contribution in [0.1, 0.15) is 41.4 Å². The first-order valence-electron chi connectivity index (χ1n) is 8.19. The van der Waals surface area contributed by atoms with E-state index in [0.29, 0.717) is 12.2 Å². The number of aliphatic hydroxyl groups is 2. The zero-order valence-corrected chi connectivity index (χ0v) is 14.7. The molecule has 0 saturated carbocycles. The summed E-state index contributed by atoms with van der Waals surface area (Å²) in [4.78, 5) is 16.1. The van der Waals surface area contributed by atoms with Gasteiger partial charge in [0.15, 0.2) is 5.82 Å². The number of aryl methyl sites for hydroxylation is 2. The fourth-order valence-corrected chi connectivity index (χ4v) is 2.35. The molecule has 1 heterocycles. The number of aliphatic hydroxyl groups excluding tert-OH is 2. The summed E-state index contributed by atoms with van der Waals surface area (Å²) in [5.74, 6) is 0.723. The molecule has 1 aromatic carbocycles. The molecule has 8 heteroatoms. The summed E-state index contributed by atoms with van der Waals surface area (Å²) in [5, 5.41) is 30.8. The lowest BCUT2D eigenvalue weighted by Gasteiger charge is -2.17. The quantitative estimate of drug-likeness (QED) is 0.509. The second-order valence-corrected chi connectivity index (χ2v) is 6.15. The largest absolute Gasteiger partial charge is 0.394 e. The third-order valence-electron chi connectivity index (χ3n) is 3.95. The van der Waals surface area contributed by atoms with Gasteiger partial charge < -0.3 is 20.8 Å². The lowest BCUT2D eigenvalue weighted by atomic mass is 10.0. The van der Waals surface area contributed by atoms with Crippen LogP contribution in [0.2, 0.25) is 0 Å². The first kappa shape index (κ1) is 18.9. The van der Waals surface area contributed by atoms with Crippen molar-refractivity contribution in [1.82, 2.24) is 25.8 Å². The number of carbonyl (C=O) groups excluding carboxylic acids is 1. The summed E-state index contributed by atoms with van der Waals surface area (Å²) < 4.78 is 0. The molecule has 2 aromatic rings. The van der Waals surface area contributed by atoms with Crippen LogP contribution in [0.25, 0.3) is 0 Å². The minimum Gasteiger partial charge on any atom is -0.394 e. The maximum Gasteiger partial charge on any atom is 0.315 e. The van der Waals surface area contributed by atoms with Crippen molar-refractivity contribution in [2.75, 3.05) is 6.61 Å². The summed E-state index contributed by atoms with van der Waals surface area (Å²) in [6.45, 7) is 5.63. The Kier molecular flexibility index (Phi) is 6.49. The molecule has 2 amide bonds. The number of hydrogen-bond donors (Lipinski definition) is 5. The third kappa shape index (κ3) is 5.54. The Balaban J connectivity index is 1.85. The van der Waals surface area contributed by atoms with Crippen molar-refractivity contribution >= 4 is 6.03 Å². The van der Waals surface area contributed by atoms with Gasteiger partial charge in [0.25, 0.3) is 0 Å². The average Bonchev–Trinajstić information content (AvgIpc) is 3.05. The van der Waals surface area contributed by atoms with Gasteiger partial charge in [-0.1, -0.05) is 18.2 Å². The second-order valence-electron chi connectivity index (χ2n) is 6.15. The lowest BCUT2D eigenvalue weighted by molar-refractivity contribution is 0.189. The van der Waals surface area contributed by atoms with Gasteiger partial charge in [0.1, 0.15) is 11.9 Å². The van der Waals surface area contributed by atoms with E-state index >= 15 is 0 Å². The van der Waals surface area contributed by atoms with Gasteiger partial charge in [-0.3, -0.25) is 5.10 Å². The van der Waals surface area contributed by atoms with Gasteiger partial charge in [0.2, 0.25) is 0 Å². The molecule has 8 nitrogen and oxygen atoms in total. The van der Waals surface area contributed by atoms with Crippen molar-refractivity contribution in [2.24, 2.45) is 0 Å². The highest BCUT2D eigenvalue weighted by Gasteiger charge is 2.14. The number of H-pyrrole nitrogens is 1. The predicted octanol–water partition coefficient (Wildman–Crippen LogP) is 0.878. The van der Waals surface area contributed by atoms with E-state index in [0.717, 1.165) is 5.56 Å². The molecule has 2 rings (SSSR count). The first-order chi connectivity index (χ1) is 11.9. The van der Waals surface area contributed by atoms with Gasteiger partial charge in [0.05, 0.1) is 19.2 Å². The standard InChI is InChI=1S/C17H25N5O3/c1-10-4-5-13(6-11(10)2)7-14(9-23)19-17(25)18-8-15-20-16(12(3)24)22-21-15/h4-6,12,14,23-24H,7-9H2,1-3H3,(H2,18,19,25)(H,20,21,22)/t12-,14?/m1/s1. The first-order valence-corrected chi connectivity index (χ1v) is 8.19. The molecule has 0 aliphatic carbocycles. The number of amides is 2. The van der Waals surface area contributed by atoms with E-state index < -0.39 is 12.1 Å². The number of nitrogens with zero attached hydrogens (tertiary/aromatic N) is 2. The smallest absolute Gasteiger partial charge is 0.315 e. The minimum atomic E-state index is -0.768. The molecule has 0 bridgehead atoms. The number of benzene rings is 1. The van der Waals surface area contributed by atoms with Crippen molar-refractivity contribution in [3.8, 4) is 0 Å². The van der Waals surface area contributed by atoms with Crippen molar-refractivity contribution in [3.05, 3.63) is 46.5 Å². The Morgan fingerprint density at radius 3 is 2.68 bits per heavy atom. The van der Waals surface area contributed by atoms with Crippen molar-refractivity contribution in [1.29, 1.82) is 0 Å². The van der Waals surface area contributed by atoms with Crippen LogP contribution in [0.4, 0.5) is 4.79 Å². The van der Waals surface area contributed by atoms with Gasteiger partial charge >= 0.3 is 6.03 Å². The molecule has 0 radical (unpaired) electrons. The monoisotopic (exact) mass is 347 g/mol. The Labute approximate surface area is 146 Å². The predicted molar refractivity (Wildman–Crippen MR) is 92.9 cm³/mol. The summed E-state index contributed by atoms with van der Waals surface area (Å²) in [6, 6.07) is 5.30. The normalized spacial score (nSPS) is 13.3. The van der Waals surface area contributed by atoms with Crippen LogP contribution in [0, 0.1) is 13.8 Å². The van der Waals surface area contributed by atoms with E-state index in [1.807, 2.05) is 26.0 Å². The number of rotatable bonds is 7. The molecule has 0 aliphatic heterocycles. The Morgan fingerprint density at radius 1 is 1.32 bits per heavy atom. The molecule has 136 valence electrons. The van der Waals surface area contributed by atoms with Crippen LogP contribution in [-0.2, 0) is 13.0 Å². The molecule has 1 unspecified atom stereocenters. The number of hydrogen-bond acceptors (Lipinski definition) is 5. The van der Waals surface area contributed by atoms with E-state index in [4.69, 9.17) is 0 Å². The van der Waals surface area contributed by atoms with Crippen molar-refractivity contribution < 1.29 is 15.0 Å². The highest BCUT2D eigenvalue weighted by atomic mass is 16.3. The SMILES string of the molecule is Cc1ccc(CC(CO)NC(=O)NCc2nc([C@@H](C)O)n[nH]2)cc1C. The van der Waals surface area contributed by atoms with E-state index in [9.17, 15) is 15.0 Å². The van der Waals surface area contributed by atoms with Crippen LogP contribution < -0.4 is 10.6 Å². The van der Waals surface area contributed by atoms with Gasteiger partial charge in [-0.25, -0.2) is 9.78 Å². The van der Waals surface area contributed by atoms with E-state index in [1.165, 1.54) is 11.1 Å². The fraction of sp³-hybridized carbons (Fsp3) is 0.471. The maximum atomic E-state index is 12.0. The minimum absolute atomic E-state index is 0.146. The number of carbonyl (C=O) groups is 1. The van der Waals surface area contributed by atoms with E-state index in [2.05, 4.69) is 31.9 Å². The van der Waals surface area contributed by atoms with Crippen molar-refractivity contribution in [3.63, 3.8) is 0 Å². The number of aromatic nitrogens is 3. The lowest BCUT2D eigenvalue weighted by Crippen LogP contribution is -2.44. The second kappa shape index (κ2) is 8.59. The summed E-state index contributed by atoms with van der Waals surface area (Å²) in [5.41, 5.74) is 3.44. The highest BCUT2D eigenvalue weighted by molar-refractivity contribution is 5.74. The molecule has 0 aliphatic rings. The van der Waals surface area contributed by atoms with E-state index in [1.54, 1.807) is 6.92 Å². The molecular formula is C17H25N5O3. The molecule has 5 N–H and O–H groups in total. The van der Waals surface area contributed by atoms with Crippen LogP contribution >= 0.6 is 0 Å². The number of nitrogens with one attached hydrogen (secondary N) is 3. The van der Waals surface area contributed by atoms with Crippen LogP contribution in [0.5, 0.6) is 0 Å². The van der Waals surface area contributed by atoms with E-state index in [-0.39, 0.29) is 25.0 Å². The molecule has 2 atom stereocenters. The molecule has 0 saturated heterocycles. The summed E-state index contributed by atoms with van der Waals surface area (Å²) in [6.07, 6.45) is -0.227.